The highest BCUT2D eigenvalue weighted by molar-refractivity contribution is 5.90. The molecule has 3 heterocycles. The second-order valence-corrected chi connectivity index (χ2v) is 7.47. The lowest BCUT2D eigenvalue weighted by atomic mass is 10.1. The number of anilines is 2. The second-order valence-electron chi connectivity index (χ2n) is 7.47. The summed E-state index contributed by atoms with van der Waals surface area (Å²) in [5.74, 6) is 0.102. The van der Waals surface area contributed by atoms with Gasteiger partial charge in [0.2, 0.25) is 0 Å². The van der Waals surface area contributed by atoms with Crippen molar-refractivity contribution in [2.75, 3.05) is 11.5 Å². The van der Waals surface area contributed by atoms with E-state index in [9.17, 15) is 4.39 Å². The van der Waals surface area contributed by atoms with Crippen LogP contribution in [-0.4, -0.2) is 30.8 Å². The number of aromatic nitrogens is 5. The highest BCUT2D eigenvalue weighted by Gasteiger charge is 2.19. The average Bonchev–Trinajstić information content (AvgIpc) is 3.19. The van der Waals surface area contributed by atoms with Crippen molar-refractivity contribution in [1.29, 1.82) is 0 Å². The normalized spacial score (nSPS) is 15.6. The fraction of sp³-hybridized carbons (Fsp3) is 0.130. The van der Waals surface area contributed by atoms with E-state index in [1.165, 1.54) is 6.07 Å². The van der Waals surface area contributed by atoms with E-state index in [1.54, 1.807) is 35.1 Å². The van der Waals surface area contributed by atoms with Crippen LogP contribution >= 0.6 is 0 Å². The minimum atomic E-state index is -0.318. The zero-order chi connectivity index (χ0) is 22.8. The molecule has 164 valence electrons. The number of hydrogen-bond acceptors (Lipinski definition) is 8. The van der Waals surface area contributed by atoms with E-state index < -0.39 is 0 Å². The number of pyridine rings is 1. The Morgan fingerprint density at radius 1 is 1.06 bits per heavy atom. The van der Waals surface area contributed by atoms with Crippen LogP contribution < -0.4 is 11.5 Å². The number of rotatable bonds is 5. The summed E-state index contributed by atoms with van der Waals surface area (Å²) < 4.78 is 15.8. The molecule has 0 bridgehead atoms. The van der Waals surface area contributed by atoms with Gasteiger partial charge in [-0.1, -0.05) is 42.5 Å². The number of nitrogens with zero attached hydrogens (tertiary/aromatic N) is 7. The standard InChI is InChI=1S/C23H20FN9/c24-17-11-5-4-7-14(17)13-33-23-16(10-6-12-27-23)18(32-33)22-28-20(25)19(21(26)29-22)31-30-15-8-2-1-3-9-15/h1-8,10-12,15H,9,13H2,(H4,25,26,28,29). The number of benzene rings is 1. The molecule has 0 saturated carbocycles. The van der Waals surface area contributed by atoms with Crippen LogP contribution in [0.1, 0.15) is 12.0 Å². The first-order valence-electron chi connectivity index (χ1n) is 10.3. The average molecular weight is 441 g/mol. The van der Waals surface area contributed by atoms with Crippen LogP contribution in [0.2, 0.25) is 0 Å². The lowest BCUT2D eigenvalue weighted by Gasteiger charge is -2.08. The first-order valence-corrected chi connectivity index (χ1v) is 10.3. The van der Waals surface area contributed by atoms with Gasteiger partial charge in [-0.2, -0.15) is 10.2 Å². The van der Waals surface area contributed by atoms with Crippen molar-refractivity contribution < 1.29 is 4.39 Å². The van der Waals surface area contributed by atoms with Crippen LogP contribution in [-0.2, 0) is 6.54 Å². The van der Waals surface area contributed by atoms with Crippen molar-refractivity contribution >= 4 is 28.4 Å². The number of nitrogens with two attached hydrogens (primary N) is 2. The number of nitrogen functional groups attached to an aromatic ring is 2. The fourth-order valence-corrected chi connectivity index (χ4v) is 3.56. The van der Waals surface area contributed by atoms with E-state index >= 15 is 0 Å². The molecule has 5 rings (SSSR count). The third-order valence-corrected chi connectivity index (χ3v) is 5.20. The van der Waals surface area contributed by atoms with E-state index in [0.29, 0.717) is 22.3 Å². The highest BCUT2D eigenvalue weighted by atomic mass is 19.1. The molecule has 1 unspecified atom stereocenters. The van der Waals surface area contributed by atoms with Crippen LogP contribution in [0.3, 0.4) is 0 Å². The zero-order valence-corrected chi connectivity index (χ0v) is 17.5. The van der Waals surface area contributed by atoms with Gasteiger partial charge in [0.05, 0.1) is 18.0 Å². The molecule has 1 aromatic carbocycles. The maximum atomic E-state index is 14.2. The maximum absolute atomic E-state index is 14.2. The highest BCUT2D eigenvalue weighted by Crippen LogP contribution is 2.32. The van der Waals surface area contributed by atoms with Crippen molar-refractivity contribution in [3.63, 3.8) is 0 Å². The molecule has 0 radical (unpaired) electrons. The van der Waals surface area contributed by atoms with Gasteiger partial charge in [0.15, 0.2) is 28.8 Å². The van der Waals surface area contributed by atoms with Gasteiger partial charge in [-0.05, 0) is 24.6 Å². The Labute approximate surface area is 188 Å². The van der Waals surface area contributed by atoms with E-state index in [1.807, 2.05) is 30.4 Å². The number of fused-ring (bicyclic) bond motifs is 1. The topological polar surface area (TPSA) is 133 Å². The summed E-state index contributed by atoms with van der Waals surface area (Å²) in [6, 6.07) is 10.1. The molecule has 1 atom stereocenters. The van der Waals surface area contributed by atoms with Crippen LogP contribution in [0.15, 0.2) is 77.1 Å². The minimum Gasteiger partial charge on any atom is -0.382 e. The molecule has 0 spiro atoms. The van der Waals surface area contributed by atoms with Gasteiger partial charge in [-0.3, -0.25) is 0 Å². The Bertz CT molecular complexity index is 1400. The summed E-state index contributed by atoms with van der Waals surface area (Å²) in [5.41, 5.74) is 14.0. The molecule has 33 heavy (non-hydrogen) atoms. The molecule has 0 fully saturated rings. The smallest absolute Gasteiger partial charge is 0.184 e. The van der Waals surface area contributed by atoms with E-state index in [-0.39, 0.29) is 41.6 Å². The van der Waals surface area contributed by atoms with Gasteiger partial charge in [-0.15, -0.1) is 5.11 Å². The van der Waals surface area contributed by atoms with Crippen LogP contribution in [0.4, 0.5) is 21.7 Å². The molecule has 4 N–H and O–H groups in total. The predicted octanol–water partition coefficient (Wildman–Crippen LogP) is 4.21. The molecule has 1 aliphatic rings. The van der Waals surface area contributed by atoms with Gasteiger partial charge in [0.25, 0.3) is 0 Å². The van der Waals surface area contributed by atoms with Gasteiger partial charge in [-0.25, -0.2) is 24.0 Å². The molecule has 10 heteroatoms. The number of allylic oxidation sites excluding steroid dienone is 2. The molecule has 0 aliphatic heterocycles. The Hall–Kier alpha value is -4.47. The van der Waals surface area contributed by atoms with Crippen LogP contribution in [0.5, 0.6) is 0 Å². The Kier molecular flexibility index (Phi) is 5.31. The summed E-state index contributed by atoms with van der Waals surface area (Å²) in [5, 5.41) is 13.8. The summed E-state index contributed by atoms with van der Waals surface area (Å²) >= 11 is 0. The Morgan fingerprint density at radius 3 is 2.64 bits per heavy atom. The third kappa shape index (κ3) is 4.05. The van der Waals surface area contributed by atoms with Gasteiger partial charge in [0, 0.05) is 11.8 Å². The first-order chi connectivity index (χ1) is 16.1. The lowest BCUT2D eigenvalue weighted by molar-refractivity contribution is 0.589. The van der Waals surface area contributed by atoms with Crippen LogP contribution in [0.25, 0.3) is 22.6 Å². The number of azo groups is 1. The minimum absolute atomic E-state index is 0.0856. The van der Waals surface area contributed by atoms with Crippen molar-refractivity contribution in [1.82, 2.24) is 24.7 Å². The van der Waals surface area contributed by atoms with E-state index in [4.69, 9.17) is 11.5 Å². The number of halogens is 1. The SMILES string of the molecule is Nc1nc(-c2nn(Cc3ccccc3F)c3ncccc23)nc(N)c1N=NC1C=CC=CC1. The predicted molar refractivity (Wildman–Crippen MR) is 124 cm³/mol. The first kappa shape index (κ1) is 20.4. The summed E-state index contributed by atoms with van der Waals surface area (Å²) in [6.07, 6.45) is 10.2. The number of hydrogen-bond donors (Lipinski definition) is 2. The zero-order valence-electron chi connectivity index (χ0n) is 17.5. The monoisotopic (exact) mass is 441 g/mol. The maximum Gasteiger partial charge on any atom is 0.184 e. The Morgan fingerprint density at radius 2 is 1.88 bits per heavy atom. The molecule has 9 nitrogen and oxygen atoms in total. The molecule has 0 saturated heterocycles. The summed E-state index contributed by atoms with van der Waals surface area (Å²) in [4.78, 5) is 13.2. The van der Waals surface area contributed by atoms with Crippen molar-refractivity contribution in [2.45, 2.75) is 19.0 Å². The summed E-state index contributed by atoms with van der Waals surface area (Å²) in [6.45, 7) is 0.195. The van der Waals surface area contributed by atoms with Crippen molar-refractivity contribution in [3.8, 4) is 11.5 Å². The third-order valence-electron chi connectivity index (χ3n) is 5.20. The fourth-order valence-electron chi connectivity index (χ4n) is 3.56. The molecule has 0 amide bonds. The van der Waals surface area contributed by atoms with E-state index in [0.717, 1.165) is 6.42 Å². The molecular formula is C23H20FN9. The van der Waals surface area contributed by atoms with Crippen molar-refractivity contribution in [2.24, 2.45) is 10.2 Å². The molecule has 1 aliphatic carbocycles. The Balaban J connectivity index is 1.53. The lowest BCUT2D eigenvalue weighted by Crippen LogP contribution is -2.05. The summed E-state index contributed by atoms with van der Waals surface area (Å²) in [7, 11) is 0. The molecule has 4 aromatic rings. The van der Waals surface area contributed by atoms with E-state index in [2.05, 4.69) is 30.3 Å². The molecule has 3 aromatic heterocycles. The van der Waals surface area contributed by atoms with Crippen molar-refractivity contribution in [3.05, 3.63) is 78.3 Å². The van der Waals surface area contributed by atoms with Gasteiger partial charge < -0.3 is 11.5 Å². The van der Waals surface area contributed by atoms with Gasteiger partial charge in [0.1, 0.15) is 11.5 Å². The largest absolute Gasteiger partial charge is 0.382 e. The second kappa shape index (κ2) is 8.58. The van der Waals surface area contributed by atoms with Crippen LogP contribution in [0, 0.1) is 5.82 Å². The van der Waals surface area contributed by atoms with Gasteiger partial charge >= 0.3 is 0 Å². The quantitative estimate of drug-likeness (QED) is 0.446. The molecular weight excluding hydrogens is 421 g/mol.